The van der Waals surface area contributed by atoms with Crippen LogP contribution in [-0.4, -0.2) is 44.4 Å². The van der Waals surface area contributed by atoms with E-state index in [1.165, 1.54) is 11.8 Å². The molecule has 1 heterocycles. The maximum atomic E-state index is 12.4. The second-order valence-electron chi connectivity index (χ2n) is 7.03. The minimum atomic E-state index is 0.109. The highest BCUT2D eigenvalue weighted by atomic mass is 35.5. The summed E-state index contributed by atoms with van der Waals surface area (Å²) < 4.78 is 2.00. The minimum Gasteiger partial charge on any atom is -0.342 e. The maximum Gasteiger partial charge on any atom is 0.233 e. The van der Waals surface area contributed by atoms with Crippen LogP contribution in [0.2, 0.25) is 10.0 Å². The number of hydrogen-bond acceptors (Lipinski definition) is 4. The average molecular weight is 447 g/mol. The van der Waals surface area contributed by atoms with Gasteiger partial charge in [-0.25, -0.2) is 0 Å². The van der Waals surface area contributed by atoms with Crippen molar-refractivity contribution >= 4 is 40.9 Å². The molecule has 150 valence electrons. The largest absolute Gasteiger partial charge is 0.342 e. The predicted octanol–water partition coefficient (Wildman–Crippen LogP) is 5.01. The molecule has 29 heavy (non-hydrogen) atoms. The molecule has 0 spiro atoms. The lowest BCUT2D eigenvalue weighted by Gasteiger charge is -2.16. The molecule has 0 bridgehead atoms. The Kier molecular flexibility index (Phi) is 6.13. The van der Waals surface area contributed by atoms with E-state index in [1.54, 1.807) is 12.1 Å². The average Bonchev–Trinajstić information content (AvgIpc) is 3.49. The van der Waals surface area contributed by atoms with Crippen LogP contribution in [0, 0.1) is 0 Å². The van der Waals surface area contributed by atoms with Crippen molar-refractivity contribution in [1.29, 1.82) is 0 Å². The van der Waals surface area contributed by atoms with Crippen molar-refractivity contribution in [2.24, 2.45) is 0 Å². The molecule has 1 aliphatic rings. The molecule has 5 nitrogen and oxygen atoms in total. The van der Waals surface area contributed by atoms with Crippen LogP contribution >= 0.6 is 35.0 Å². The van der Waals surface area contributed by atoms with Gasteiger partial charge in [-0.1, -0.05) is 65.3 Å². The van der Waals surface area contributed by atoms with Gasteiger partial charge in [-0.05, 0) is 36.6 Å². The zero-order chi connectivity index (χ0) is 20.4. The van der Waals surface area contributed by atoms with Crippen LogP contribution in [0.25, 0.3) is 11.4 Å². The van der Waals surface area contributed by atoms with Gasteiger partial charge < -0.3 is 4.90 Å². The number of rotatable bonds is 7. The number of benzene rings is 2. The first-order valence-corrected chi connectivity index (χ1v) is 11.1. The zero-order valence-corrected chi connectivity index (χ0v) is 18.2. The van der Waals surface area contributed by atoms with Crippen LogP contribution in [0.5, 0.6) is 0 Å². The van der Waals surface area contributed by atoms with Gasteiger partial charge in [0.2, 0.25) is 5.91 Å². The van der Waals surface area contributed by atoms with E-state index < -0.39 is 0 Å². The van der Waals surface area contributed by atoms with Gasteiger partial charge in [-0.2, -0.15) is 0 Å². The number of thioether (sulfide) groups is 1. The smallest absolute Gasteiger partial charge is 0.233 e. The normalized spacial score (nSPS) is 13.5. The lowest BCUT2D eigenvalue weighted by molar-refractivity contribution is -0.127. The fourth-order valence-electron chi connectivity index (χ4n) is 3.07. The molecular weight excluding hydrogens is 427 g/mol. The number of halogens is 2. The Labute approximate surface area is 184 Å². The predicted molar refractivity (Wildman–Crippen MR) is 118 cm³/mol. The highest BCUT2D eigenvalue weighted by Crippen LogP contribution is 2.32. The zero-order valence-electron chi connectivity index (χ0n) is 15.9. The summed E-state index contributed by atoms with van der Waals surface area (Å²) in [6.45, 7) is 0.580. The highest BCUT2D eigenvalue weighted by Gasteiger charge is 2.29. The van der Waals surface area contributed by atoms with E-state index in [2.05, 4.69) is 10.2 Å². The molecule has 2 aromatic carbocycles. The molecule has 1 aromatic heterocycles. The van der Waals surface area contributed by atoms with Crippen molar-refractivity contribution in [2.45, 2.75) is 30.6 Å². The number of amides is 1. The number of hydrogen-bond donors (Lipinski definition) is 0. The molecule has 3 aromatic rings. The van der Waals surface area contributed by atoms with Crippen molar-refractivity contribution < 1.29 is 4.79 Å². The van der Waals surface area contributed by atoms with Crippen molar-refractivity contribution in [2.75, 3.05) is 12.8 Å². The Morgan fingerprint density at radius 2 is 1.93 bits per heavy atom. The van der Waals surface area contributed by atoms with Gasteiger partial charge in [0.25, 0.3) is 0 Å². The maximum absolute atomic E-state index is 12.4. The van der Waals surface area contributed by atoms with Gasteiger partial charge in [0.1, 0.15) is 0 Å². The number of carbonyl (C=O) groups is 1. The van der Waals surface area contributed by atoms with Gasteiger partial charge in [-0.3, -0.25) is 9.36 Å². The highest BCUT2D eigenvalue weighted by molar-refractivity contribution is 7.99. The van der Waals surface area contributed by atoms with Gasteiger partial charge >= 0.3 is 0 Å². The van der Waals surface area contributed by atoms with E-state index in [0.29, 0.717) is 39.4 Å². The Hall–Kier alpha value is -2.02. The van der Waals surface area contributed by atoms with Gasteiger partial charge in [0.05, 0.1) is 17.3 Å². The first-order chi connectivity index (χ1) is 14.0. The quantitative estimate of drug-likeness (QED) is 0.478. The molecule has 1 fully saturated rings. The third-order valence-corrected chi connectivity index (χ3v) is 6.38. The van der Waals surface area contributed by atoms with Crippen LogP contribution in [0.4, 0.5) is 0 Å². The molecule has 0 radical (unpaired) electrons. The summed E-state index contributed by atoms with van der Waals surface area (Å²) in [7, 11) is 1.87. The van der Waals surface area contributed by atoms with Crippen LogP contribution in [0.3, 0.4) is 0 Å². The SMILES string of the molecule is CN(C(=O)CSc1nnc(-c2ccc(Cl)cc2Cl)n1Cc1ccccc1)C1CC1. The Morgan fingerprint density at radius 3 is 2.62 bits per heavy atom. The Balaban J connectivity index is 1.63. The van der Waals surface area contributed by atoms with E-state index in [-0.39, 0.29) is 5.91 Å². The van der Waals surface area contributed by atoms with Gasteiger partial charge in [-0.15, -0.1) is 10.2 Å². The second-order valence-corrected chi connectivity index (χ2v) is 8.81. The molecule has 1 aliphatic carbocycles. The Morgan fingerprint density at radius 1 is 1.17 bits per heavy atom. The Bertz CT molecular complexity index is 1020. The summed E-state index contributed by atoms with van der Waals surface area (Å²) >= 11 is 13.9. The summed E-state index contributed by atoms with van der Waals surface area (Å²) in [6.07, 6.45) is 2.19. The van der Waals surface area contributed by atoms with E-state index in [0.717, 1.165) is 24.0 Å². The lowest BCUT2D eigenvalue weighted by Crippen LogP contribution is -2.30. The molecule has 0 N–H and O–H groups in total. The molecule has 0 atom stereocenters. The standard InChI is InChI=1S/C21H20Cl2N4OS/c1-26(16-8-9-16)19(28)13-29-21-25-24-20(17-10-7-15(22)11-18(17)23)27(21)12-14-5-3-2-4-6-14/h2-7,10-11,16H,8-9,12-13H2,1H3. The first kappa shape index (κ1) is 20.3. The van der Waals surface area contributed by atoms with E-state index in [4.69, 9.17) is 23.2 Å². The third-order valence-electron chi connectivity index (χ3n) is 4.89. The van der Waals surface area contributed by atoms with Crippen molar-refractivity contribution in [3.63, 3.8) is 0 Å². The fourth-order valence-corrected chi connectivity index (χ4v) is 4.42. The topological polar surface area (TPSA) is 51.0 Å². The van der Waals surface area contributed by atoms with Crippen LogP contribution in [0.15, 0.2) is 53.7 Å². The third kappa shape index (κ3) is 4.77. The number of carbonyl (C=O) groups excluding carboxylic acids is 1. The molecular formula is C21H20Cl2N4OS. The fraction of sp³-hybridized carbons (Fsp3) is 0.286. The summed E-state index contributed by atoms with van der Waals surface area (Å²) in [5.41, 5.74) is 1.87. The van der Waals surface area contributed by atoms with E-state index in [9.17, 15) is 4.79 Å². The van der Waals surface area contributed by atoms with Crippen molar-refractivity contribution in [1.82, 2.24) is 19.7 Å². The first-order valence-electron chi connectivity index (χ1n) is 9.34. The van der Waals surface area contributed by atoms with E-state index >= 15 is 0 Å². The molecule has 4 rings (SSSR count). The summed E-state index contributed by atoms with van der Waals surface area (Å²) in [5.74, 6) is 1.09. The van der Waals surface area contributed by atoms with Gasteiger partial charge in [0, 0.05) is 23.7 Å². The molecule has 1 saturated carbocycles. The molecule has 0 unspecified atom stereocenters. The molecule has 0 saturated heterocycles. The second kappa shape index (κ2) is 8.78. The summed E-state index contributed by atoms with van der Waals surface area (Å²) in [6, 6.07) is 15.8. The molecule has 8 heteroatoms. The van der Waals surface area contributed by atoms with Gasteiger partial charge in [0.15, 0.2) is 11.0 Å². The number of nitrogens with zero attached hydrogens (tertiary/aromatic N) is 4. The van der Waals surface area contributed by atoms with Crippen LogP contribution in [0.1, 0.15) is 18.4 Å². The van der Waals surface area contributed by atoms with Crippen LogP contribution < -0.4 is 0 Å². The molecule has 1 amide bonds. The van der Waals surface area contributed by atoms with E-state index in [1.807, 2.05) is 52.9 Å². The van der Waals surface area contributed by atoms with Crippen molar-refractivity contribution in [3.8, 4) is 11.4 Å². The summed E-state index contributed by atoms with van der Waals surface area (Å²) in [5, 5.41) is 10.5. The molecule has 0 aliphatic heterocycles. The summed E-state index contributed by atoms with van der Waals surface area (Å²) in [4.78, 5) is 14.3. The minimum absolute atomic E-state index is 0.109. The number of aromatic nitrogens is 3. The van der Waals surface area contributed by atoms with Crippen molar-refractivity contribution in [3.05, 3.63) is 64.1 Å². The lowest BCUT2D eigenvalue weighted by atomic mass is 10.2. The van der Waals surface area contributed by atoms with Crippen LogP contribution in [-0.2, 0) is 11.3 Å². The monoisotopic (exact) mass is 446 g/mol.